The summed E-state index contributed by atoms with van der Waals surface area (Å²) in [6.07, 6.45) is 14.4. The van der Waals surface area contributed by atoms with Gasteiger partial charge in [-0.05, 0) is 104 Å². The standard InChI is InChI=1S/C40H63N3O8/c1-8-9-10-11-15-32-38(5,46)18-16-29-30(47-32)17-19-39(6)34(48-29)22-31-36(51-39)27(44)23-40(7)33(49-31)20-26(4)28(50-40)14-12-13-24(2)25(3)21-35(45)43-37(41)42/h8-10,13,21,26-34,36,44,46H,1,11-12,14-20,22-23H2,2-7H3,(H4,41,42,43,45). The average Bonchev–Trinajstić information content (AvgIpc) is 3.30. The van der Waals surface area contributed by atoms with Gasteiger partial charge in [0.2, 0.25) is 0 Å². The maximum Gasteiger partial charge on any atom is 0.273 e. The molecule has 0 aromatic carbocycles. The van der Waals surface area contributed by atoms with E-state index in [2.05, 4.69) is 44.5 Å². The molecule has 1 amide bonds. The summed E-state index contributed by atoms with van der Waals surface area (Å²) in [6, 6.07) is 0. The topological polar surface area (TPSA) is 168 Å². The summed E-state index contributed by atoms with van der Waals surface area (Å²) in [4.78, 5) is 15.5. The molecule has 0 aliphatic carbocycles. The minimum atomic E-state index is -0.940. The van der Waals surface area contributed by atoms with Gasteiger partial charge in [-0.1, -0.05) is 43.4 Å². The predicted molar refractivity (Wildman–Crippen MR) is 197 cm³/mol. The molecule has 5 aliphatic heterocycles. The van der Waals surface area contributed by atoms with Crippen LogP contribution in [0.2, 0.25) is 0 Å². The second-order valence-electron chi connectivity index (χ2n) is 16.4. The summed E-state index contributed by atoms with van der Waals surface area (Å²) in [5, 5.41) is 23.1. The zero-order valence-corrected chi connectivity index (χ0v) is 31.6. The van der Waals surface area contributed by atoms with Gasteiger partial charge in [0, 0.05) is 18.9 Å². The van der Waals surface area contributed by atoms with E-state index < -0.39 is 34.9 Å². The molecular formula is C40H63N3O8. The lowest BCUT2D eigenvalue weighted by atomic mass is 9.79. The molecule has 5 rings (SSSR count). The van der Waals surface area contributed by atoms with Crippen LogP contribution in [0.1, 0.15) is 112 Å². The van der Waals surface area contributed by atoms with Gasteiger partial charge in [-0.15, -0.1) is 0 Å². The lowest BCUT2D eigenvalue weighted by molar-refractivity contribution is -0.273. The molecule has 0 saturated carbocycles. The minimum absolute atomic E-state index is 0.0159. The molecule has 13 atom stereocenters. The van der Waals surface area contributed by atoms with Crippen molar-refractivity contribution in [1.29, 1.82) is 0 Å². The molecule has 6 N–H and O–H groups in total. The quantitative estimate of drug-likeness (QED) is 0.110. The molecule has 0 aromatic heterocycles. The van der Waals surface area contributed by atoms with Crippen molar-refractivity contribution in [2.45, 2.75) is 184 Å². The Morgan fingerprint density at radius 1 is 0.922 bits per heavy atom. The maximum absolute atomic E-state index is 12.0. The number of carbonyl (C=O) groups is 1. The summed E-state index contributed by atoms with van der Waals surface area (Å²) in [7, 11) is 0. The molecule has 286 valence electrons. The molecule has 5 saturated heterocycles. The highest BCUT2D eigenvalue weighted by Gasteiger charge is 2.58. The molecule has 5 heterocycles. The highest BCUT2D eigenvalue weighted by Crippen LogP contribution is 2.49. The molecule has 0 bridgehead atoms. The molecule has 11 heteroatoms. The first-order chi connectivity index (χ1) is 24.0. The molecule has 0 radical (unpaired) electrons. The van der Waals surface area contributed by atoms with Crippen molar-refractivity contribution in [3.05, 3.63) is 48.1 Å². The number of allylic oxidation sites excluding steroid dienone is 6. The number of nitrogens with two attached hydrogens (primary N) is 2. The Bertz CT molecular complexity index is 1370. The lowest BCUT2D eigenvalue weighted by Gasteiger charge is -2.49. The Morgan fingerprint density at radius 3 is 2.33 bits per heavy atom. The van der Waals surface area contributed by atoms with Crippen LogP contribution in [-0.2, 0) is 28.5 Å². The summed E-state index contributed by atoms with van der Waals surface area (Å²) < 4.78 is 34.2. The molecule has 5 fully saturated rings. The van der Waals surface area contributed by atoms with E-state index in [1.165, 1.54) is 6.08 Å². The maximum atomic E-state index is 12.0. The highest BCUT2D eigenvalue weighted by atomic mass is 16.6. The van der Waals surface area contributed by atoms with E-state index in [0.29, 0.717) is 25.7 Å². The van der Waals surface area contributed by atoms with Gasteiger partial charge in [0.25, 0.3) is 5.91 Å². The van der Waals surface area contributed by atoms with Gasteiger partial charge in [0.05, 0.1) is 65.6 Å². The van der Waals surface area contributed by atoms with Crippen LogP contribution in [0.15, 0.2) is 53.1 Å². The number of carbonyl (C=O) groups excluding carboxylic acids is 1. The van der Waals surface area contributed by atoms with Crippen molar-refractivity contribution < 1.29 is 38.7 Å². The zero-order valence-electron chi connectivity index (χ0n) is 31.6. The van der Waals surface area contributed by atoms with E-state index in [1.807, 2.05) is 26.8 Å². The Balaban J connectivity index is 1.24. The third-order valence-electron chi connectivity index (χ3n) is 12.2. The van der Waals surface area contributed by atoms with Crippen molar-refractivity contribution >= 4 is 11.9 Å². The van der Waals surface area contributed by atoms with Gasteiger partial charge < -0.3 is 45.4 Å². The summed E-state index contributed by atoms with van der Waals surface area (Å²) in [5.41, 5.74) is 10.2. The normalized spacial score (nSPS) is 43.4. The van der Waals surface area contributed by atoms with Crippen LogP contribution in [0.4, 0.5) is 0 Å². The van der Waals surface area contributed by atoms with Crippen LogP contribution < -0.4 is 11.5 Å². The molecule has 0 aromatic rings. The first-order valence-corrected chi connectivity index (χ1v) is 19.0. The fourth-order valence-electron chi connectivity index (χ4n) is 8.86. The second-order valence-corrected chi connectivity index (χ2v) is 16.4. The van der Waals surface area contributed by atoms with Crippen LogP contribution in [-0.4, -0.2) is 93.8 Å². The number of aliphatic hydroxyl groups excluding tert-OH is 1. The van der Waals surface area contributed by atoms with Crippen LogP contribution >= 0.6 is 0 Å². The van der Waals surface area contributed by atoms with E-state index >= 15 is 0 Å². The zero-order chi connectivity index (χ0) is 37.1. The van der Waals surface area contributed by atoms with E-state index in [1.54, 1.807) is 6.08 Å². The number of nitrogens with zero attached hydrogens (tertiary/aromatic N) is 1. The van der Waals surface area contributed by atoms with E-state index in [-0.39, 0.29) is 54.6 Å². The molecule has 5 aliphatic rings. The minimum Gasteiger partial charge on any atom is -0.390 e. The van der Waals surface area contributed by atoms with E-state index in [9.17, 15) is 15.0 Å². The summed E-state index contributed by atoms with van der Waals surface area (Å²) >= 11 is 0. The number of hydrogen-bond donors (Lipinski definition) is 4. The van der Waals surface area contributed by atoms with Crippen LogP contribution in [0.5, 0.6) is 0 Å². The Labute approximate surface area is 304 Å². The van der Waals surface area contributed by atoms with Crippen molar-refractivity contribution in [1.82, 2.24) is 0 Å². The predicted octanol–water partition coefficient (Wildman–Crippen LogP) is 5.08. The third kappa shape index (κ3) is 9.41. The first-order valence-electron chi connectivity index (χ1n) is 19.0. The van der Waals surface area contributed by atoms with Crippen molar-refractivity contribution in [2.75, 3.05) is 0 Å². The SMILES string of the molecule is C=CC=CCCC1OC2CCC3(C)OC4C(O)CC5(C)OC(CCC=C(C)C(C)=CC(=O)N=C(N)N)C(C)CC5OC4CC3OC2CCC1(C)O. The number of amides is 1. The molecule has 0 spiro atoms. The number of aliphatic hydroxyl groups is 2. The number of rotatable bonds is 9. The summed E-state index contributed by atoms with van der Waals surface area (Å²) in [5.74, 6) is -0.497. The van der Waals surface area contributed by atoms with Gasteiger partial charge >= 0.3 is 0 Å². The molecule has 51 heavy (non-hydrogen) atoms. The van der Waals surface area contributed by atoms with Crippen LogP contribution in [0.3, 0.4) is 0 Å². The van der Waals surface area contributed by atoms with Crippen molar-refractivity contribution in [3.63, 3.8) is 0 Å². The fraction of sp³-hybridized carbons (Fsp3) is 0.750. The van der Waals surface area contributed by atoms with Crippen LogP contribution in [0.25, 0.3) is 0 Å². The van der Waals surface area contributed by atoms with Gasteiger partial charge in [0.1, 0.15) is 6.10 Å². The van der Waals surface area contributed by atoms with Crippen molar-refractivity contribution in [3.8, 4) is 0 Å². The molecule has 11 nitrogen and oxygen atoms in total. The van der Waals surface area contributed by atoms with Gasteiger partial charge in [-0.3, -0.25) is 4.79 Å². The summed E-state index contributed by atoms with van der Waals surface area (Å²) in [6.45, 7) is 15.8. The smallest absolute Gasteiger partial charge is 0.273 e. The highest BCUT2D eigenvalue weighted by molar-refractivity contribution is 5.98. The van der Waals surface area contributed by atoms with E-state index in [4.69, 9.17) is 35.2 Å². The largest absolute Gasteiger partial charge is 0.390 e. The van der Waals surface area contributed by atoms with Gasteiger partial charge in [-0.2, -0.15) is 4.99 Å². The number of aliphatic imine (C=N–C) groups is 1. The molecule has 13 unspecified atom stereocenters. The van der Waals surface area contributed by atoms with E-state index in [0.717, 1.165) is 56.1 Å². The molecular weight excluding hydrogens is 650 g/mol. The number of fused-ring (bicyclic) bond motifs is 4. The van der Waals surface area contributed by atoms with Gasteiger partial charge in [0.15, 0.2) is 5.96 Å². The average molecular weight is 714 g/mol. The lowest BCUT2D eigenvalue weighted by Crippen LogP contribution is -2.59. The third-order valence-corrected chi connectivity index (χ3v) is 12.2. The second kappa shape index (κ2) is 16.3. The Hall–Kier alpha value is -2.38. The number of ether oxygens (including phenoxy) is 5. The van der Waals surface area contributed by atoms with Gasteiger partial charge in [-0.25, -0.2) is 0 Å². The number of guanidine groups is 1. The van der Waals surface area contributed by atoms with Crippen molar-refractivity contribution in [2.24, 2.45) is 22.4 Å². The fourth-order valence-corrected chi connectivity index (χ4v) is 8.86. The number of hydrogen-bond acceptors (Lipinski definition) is 8. The Kier molecular flexibility index (Phi) is 12.7. The monoisotopic (exact) mass is 713 g/mol. The van der Waals surface area contributed by atoms with Crippen LogP contribution in [0, 0.1) is 5.92 Å². The first kappa shape index (κ1) is 39.8. The Morgan fingerprint density at radius 2 is 1.61 bits per heavy atom.